The monoisotopic (exact) mass is 366 g/mol. The summed E-state index contributed by atoms with van der Waals surface area (Å²) in [5.74, 6) is 2.36. The molecule has 1 saturated carbocycles. The van der Waals surface area contributed by atoms with Gasteiger partial charge in [-0.15, -0.1) is 10.2 Å². The number of hydrogen-bond acceptors (Lipinski definition) is 5. The van der Waals surface area contributed by atoms with Crippen LogP contribution in [-0.2, 0) is 24.3 Å². The Hall–Kier alpha value is -2.21. The standard InChI is InChI=1S/C21H26N4O2/c26-21(25-11-9-15-4-1-2-5-17(15)13-25)18-6-3-10-24(12-18)14-19-22-23-20(27-19)16-7-8-16/h1-2,4-5,16,18H,3,6-14H2. The maximum atomic E-state index is 13.1. The van der Waals surface area contributed by atoms with Crippen LogP contribution in [0.4, 0.5) is 0 Å². The molecule has 1 saturated heterocycles. The summed E-state index contributed by atoms with van der Waals surface area (Å²) >= 11 is 0. The van der Waals surface area contributed by atoms with Crippen LogP contribution in [0.1, 0.15) is 54.5 Å². The highest BCUT2D eigenvalue weighted by Crippen LogP contribution is 2.39. The molecule has 0 bridgehead atoms. The largest absolute Gasteiger partial charge is 0.424 e. The maximum absolute atomic E-state index is 13.1. The molecule has 27 heavy (non-hydrogen) atoms. The van der Waals surface area contributed by atoms with Gasteiger partial charge in [0.15, 0.2) is 0 Å². The highest BCUT2D eigenvalue weighted by molar-refractivity contribution is 5.79. The number of hydrogen-bond donors (Lipinski definition) is 0. The highest BCUT2D eigenvalue weighted by Gasteiger charge is 2.32. The predicted molar refractivity (Wildman–Crippen MR) is 99.8 cm³/mol. The van der Waals surface area contributed by atoms with E-state index >= 15 is 0 Å². The zero-order valence-corrected chi connectivity index (χ0v) is 15.6. The van der Waals surface area contributed by atoms with Crippen molar-refractivity contribution in [3.63, 3.8) is 0 Å². The minimum absolute atomic E-state index is 0.0786. The van der Waals surface area contributed by atoms with Crippen LogP contribution in [0.2, 0.25) is 0 Å². The molecule has 1 unspecified atom stereocenters. The van der Waals surface area contributed by atoms with Gasteiger partial charge in [-0.25, -0.2) is 0 Å². The third-order valence-electron chi connectivity index (χ3n) is 6.07. The van der Waals surface area contributed by atoms with Crippen LogP contribution in [0.15, 0.2) is 28.7 Å². The van der Waals surface area contributed by atoms with Gasteiger partial charge in [0.1, 0.15) is 0 Å². The Morgan fingerprint density at radius 3 is 2.81 bits per heavy atom. The summed E-state index contributed by atoms with van der Waals surface area (Å²) in [6.45, 7) is 4.03. The Bertz CT molecular complexity index is 829. The fourth-order valence-electron chi connectivity index (χ4n) is 4.36. The molecule has 0 N–H and O–H groups in total. The molecule has 5 rings (SSSR count). The third kappa shape index (κ3) is 3.63. The first-order valence-corrected chi connectivity index (χ1v) is 10.2. The van der Waals surface area contributed by atoms with Crippen molar-refractivity contribution in [3.05, 3.63) is 47.2 Å². The van der Waals surface area contributed by atoms with E-state index in [1.54, 1.807) is 0 Å². The van der Waals surface area contributed by atoms with E-state index < -0.39 is 0 Å². The summed E-state index contributed by atoms with van der Waals surface area (Å²) in [5.41, 5.74) is 2.68. The fourth-order valence-corrected chi connectivity index (χ4v) is 4.36. The van der Waals surface area contributed by atoms with E-state index in [2.05, 4.69) is 39.4 Å². The molecule has 1 aromatic heterocycles. The summed E-state index contributed by atoms with van der Waals surface area (Å²) in [6, 6.07) is 8.48. The van der Waals surface area contributed by atoms with Gasteiger partial charge >= 0.3 is 0 Å². The molecular formula is C21H26N4O2. The Labute approximate surface area is 159 Å². The van der Waals surface area contributed by atoms with E-state index in [0.717, 1.165) is 51.3 Å². The lowest BCUT2D eigenvalue weighted by Crippen LogP contribution is -2.46. The quantitative estimate of drug-likeness (QED) is 0.833. The van der Waals surface area contributed by atoms with E-state index in [1.165, 1.54) is 24.0 Å². The van der Waals surface area contributed by atoms with Crippen LogP contribution in [0.3, 0.4) is 0 Å². The molecule has 2 aromatic rings. The predicted octanol–water partition coefficient (Wildman–Crippen LogP) is 2.74. The van der Waals surface area contributed by atoms with Crippen molar-refractivity contribution in [3.8, 4) is 0 Å². The number of benzene rings is 1. The van der Waals surface area contributed by atoms with Gasteiger partial charge in [-0.1, -0.05) is 24.3 Å². The maximum Gasteiger partial charge on any atom is 0.230 e. The molecule has 6 nitrogen and oxygen atoms in total. The normalized spacial score (nSPS) is 23.3. The average Bonchev–Trinajstić information content (AvgIpc) is 3.47. The number of aromatic nitrogens is 2. The smallest absolute Gasteiger partial charge is 0.230 e. The number of fused-ring (bicyclic) bond motifs is 1. The van der Waals surface area contributed by atoms with Gasteiger partial charge in [0.05, 0.1) is 12.5 Å². The average molecular weight is 366 g/mol. The van der Waals surface area contributed by atoms with Crippen molar-refractivity contribution in [1.82, 2.24) is 20.0 Å². The van der Waals surface area contributed by atoms with Crippen molar-refractivity contribution < 1.29 is 9.21 Å². The van der Waals surface area contributed by atoms with Crippen LogP contribution >= 0.6 is 0 Å². The molecule has 1 atom stereocenters. The number of rotatable bonds is 4. The molecule has 1 aromatic carbocycles. The van der Waals surface area contributed by atoms with Gasteiger partial charge in [0.2, 0.25) is 17.7 Å². The van der Waals surface area contributed by atoms with Gasteiger partial charge < -0.3 is 9.32 Å². The minimum atomic E-state index is 0.0786. The van der Waals surface area contributed by atoms with Crippen LogP contribution in [0, 0.1) is 5.92 Å². The number of amides is 1. The van der Waals surface area contributed by atoms with Gasteiger partial charge in [-0.2, -0.15) is 0 Å². The van der Waals surface area contributed by atoms with E-state index in [-0.39, 0.29) is 5.92 Å². The molecule has 3 heterocycles. The summed E-state index contributed by atoms with van der Waals surface area (Å²) in [7, 11) is 0. The van der Waals surface area contributed by atoms with Crippen LogP contribution in [-0.4, -0.2) is 45.5 Å². The SMILES string of the molecule is O=C(C1CCCN(Cc2nnc(C3CC3)o2)C1)N1CCc2ccccc2C1. The third-order valence-corrected chi connectivity index (χ3v) is 6.07. The second-order valence-electron chi connectivity index (χ2n) is 8.16. The lowest BCUT2D eigenvalue weighted by molar-refractivity contribution is -0.138. The number of nitrogens with zero attached hydrogens (tertiary/aromatic N) is 4. The van der Waals surface area contributed by atoms with Crippen molar-refractivity contribution >= 4 is 5.91 Å². The zero-order chi connectivity index (χ0) is 18.2. The first kappa shape index (κ1) is 16.9. The summed E-state index contributed by atoms with van der Waals surface area (Å²) in [4.78, 5) is 17.5. The molecule has 6 heteroatoms. The number of likely N-dealkylation sites (tertiary alicyclic amines) is 1. The lowest BCUT2D eigenvalue weighted by Gasteiger charge is -2.36. The molecule has 3 aliphatic rings. The van der Waals surface area contributed by atoms with Crippen molar-refractivity contribution in [2.75, 3.05) is 19.6 Å². The molecule has 2 fully saturated rings. The molecular weight excluding hydrogens is 340 g/mol. The van der Waals surface area contributed by atoms with E-state index in [4.69, 9.17) is 4.42 Å². The molecule has 0 radical (unpaired) electrons. The molecule has 1 aliphatic carbocycles. The Morgan fingerprint density at radius 1 is 1.11 bits per heavy atom. The first-order chi connectivity index (χ1) is 13.3. The highest BCUT2D eigenvalue weighted by atomic mass is 16.4. The zero-order valence-electron chi connectivity index (χ0n) is 15.6. The Morgan fingerprint density at radius 2 is 1.96 bits per heavy atom. The Balaban J connectivity index is 1.20. The molecule has 2 aliphatic heterocycles. The summed E-state index contributed by atoms with van der Waals surface area (Å²) < 4.78 is 5.80. The van der Waals surface area contributed by atoms with Crippen molar-refractivity contribution in [2.45, 2.75) is 51.1 Å². The molecule has 1 amide bonds. The van der Waals surface area contributed by atoms with Gasteiger partial charge in [0.25, 0.3) is 0 Å². The minimum Gasteiger partial charge on any atom is -0.424 e. The number of piperidine rings is 1. The Kier molecular flexibility index (Phi) is 4.44. The van der Waals surface area contributed by atoms with Gasteiger partial charge in [0, 0.05) is 25.6 Å². The van der Waals surface area contributed by atoms with E-state index in [1.807, 2.05) is 4.90 Å². The topological polar surface area (TPSA) is 62.5 Å². The van der Waals surface area contributed by atoms with E-state index in [0.29, 0.717) is 24.3 Å². The fraction of sp³-hybridized carbons (Fsp3) is 0.571. The molecule has 0 spiro atoms. The van der Waals surface area contributed by atoms with E-state index in [9.17, 15) is 4.79 Å². The number of carbonyl (C=O) groups excluding carboxylic acids is 1. The second-order valence-corrected chi connectivity index (χ2v) is 8.16. The van der Waals surface area contributed by atoms with Crippen LogP contribution in [0.5, 0.6) is 0 Å². The second kappa shape index (κ2) is 7.08. The summed E-state index contributed by atoms with van der Waals surface area (Å²) in [6.07, 6.45) is 5.32. The van der Waals surface area contributed by atoms with Gasteiger partial charge in [-0.3, -0.25) is 9.69 Å². The summed E-state index contributed by atoms with van der Waals surface area (Å²) in [5, 5.41) is 8.38. The molecule has 142 valence electrons. The van der Waals surface area contributed by atoms with Crippen molar-refractivity contribution in [2.24, 2.45) is 5.92 Å². The van der Waals surface area contributed by atoms with Crippen LogP contribution < -0.4 is 0 Å². The lowest BCUT2D eigenvalue weighted by atomic mass is 9.94. The first-order valence-electron chi connectivity index (χ1n) is 10.2. The number of carbonyl (C=O) groups is 1. The van der Waals surface area contributed by atoms with Crippen LogP contribution in [0.25, 0.3) is 0 Å². The van der Waals surface area contributed by atoms with Crippen molar-refractivity contribution in [1.29, 1.82) is 0 Å². The van der Waals surface area contributed by atoms with Gasteiger partial charge in [-0.05, 0) is 49.8 Å².